The van der Waals surface area contributed by atoms with Gasteiger partial charge < -0.3 is 14.6 Å². The Morgan fingerprint density at radius 3 is 2.33 bits per heavy atom. The van der Waals surface area contributed by atoms with E-state index in [4.69, 9.17) is 4.74 Å². The van der Waals surface area contributed by atoms with Crippen LogP contribution in [-0.4, -0.2) is 23.3 Å². The zero-order valence-electron chi connectivity index (χ0n) is 11.9. The molecule has 0 spiro atoms. The molecule has 5 nitrogen and oxygen atoms in total. The number of carboxylic acid groups (broad SMARTS) is 1. The number of nitrogens with zero attached hydrogens (tertiary/aromatic N) is 1. The van der Waals surface area contributed by atoms with Gasteiger partial charge in [-0.15, -0.1) is 11.3 Å². The van der Waals surface area contributed by atoms with Crippen molar-refractivity contribution in [2.45, 2.75) is 20.8 Å². The summed E-state index contributed by atoms with van der Waals surface area (Å²) in [5, 5.41) is 11.0. The van der Waals surface area contributed by atoms with Gasteiger partial charge in [0.2, 0.25) is 5.78 Å². The van der Waals surface area contributed by atoms with Gasteiger partial charge in [-0.25, -0.2) is 4.98 Å². The number of benzene rings is 1. The number of hydrogen-bond donors (Lipinski definition) is 0. The summed E-state index contributed by atoms with van der Waals surface area (Å²) in [5.74, 6) is -1.07. The fourth-order valence-electron chi connectivity index (χ4n) is 1.93. The Labute approximate surface area is 126 Å². The Morgan fingerprint density at radius 2 is 1.81 bits per heavy atom. The summed E-state index contributed by atoms with van der Waals surface area (Å²) in [5.41, 5.74) is 2.37. The number of Topliss-reactive ketones (excluding diaryl/α,β-unsaturated/α-hetero) is 1. The Morgan fingerprint density at radius 1 is 1.19 bits per heavy atom. The largest absolute Gasteiger partial charge is 0.544 e. The molecule has 1 aromatic heterocycles. The van der Waals surface area contributed by atoms with Crippen molar-refractivity contribution in [3.63, 3.8) is 0 Å². The first-order valence-corrected chi connectivity index (χ1v) is 7.11. The van der Waals surface area contributed by atoms with Crippen molar-refractivity contribution in [3.8, 4) is 5.75 Å². The molecule has 0 atom stereocenters. The van der Waals surface area contributed by atoms with E-state index in [9.17, 15) is 14.7 Å². The Bertz CT molecular complexity index is 685. The molecule has 0 aliphatic rings. The van der Waals surface area contributed by atoms with E-state index < -0.39 is 5.97 Å². The number of ether oxygens (including phenoxy) is 1. The van der Waals surface area contributed by atoms with Gasteiger partial charge in [-0.05, 0) is 44.0 Å². The lowest BCUT2D eigenvalue weighted by Gasteiger charge is -2.06. The van der Waals surface area contributed by atoms with Crippen LogP contribution in [0.1, 0.15) is 36.3 Å². The van der Waals surface area contributed by atoms with Crippen LogP contribution in [0.3, 0.4) is 0 Å². The highest BCUT2D eigenvalue weighted by Gasteiger charge is 2.15. The molecule has 0 saturated heterocycles. The monoisotopic (exact) mass is 304 g/mol. The van der Waals surface area contributed by atoms with Gasteiger partial charge in [-0.3, -0.25) is 4.79 Å². The second-order valence-corrected chi connectivity index (χ2v) is 5.76. The molecule has 0 aliphatic carbocycles. The molecule has 110 valence electrons. The zero-order valence-corrected chi connectivity index (χ0v) is 12.7. The highest BCUT2D eigenvalue weighted by Crippen LogP contribution is 2.19. The predicted molar refractivity (Wildman–Crippen MR) is 76.9 cm³/mol. The summed E-state index contributed by atoms with van der Waals surface area (Å²) in [4.78, 5) is 26.7. The van der Waals surface area contributed by atoms with E-state index in [1.165, 1.54) is 6.92 Å². The molecule has 0 N–H and O–H groups in total. The van der Waals surface area contributed by atoms with E-state index in [-0.39, 0.29) is 28.0 Å². The third kappa shape index (κ3) is 3.66. The van der Waals surface area contributed by atoms with Gasteiger partial charge in [-0.2, -0.15) is 0 Å². The summed E-state index contributed by atoms with van der Waals surface area (Å²) in [6.07, 6.45) is 0. The highest BCUT2D eigenvalue weighted by molar-refractivity contribution is 7.15. The lowest BCUT2D eigenvalue weighted by atomic mass is 10.1. The molecule has 0 aliphatic heterocycles. The van der Waals surface area contributed by atoms with Crippen molar-refractivity contribution < 1.29 is 19.4 Å². The molecule has 1 heterocycles. The highest BCUT2D eigenvalue weighted by atomic mass is 32.1. The van der Waals surface area contributed by atoms with Crippen LogP contribution in [0.25, 0.3) is 0 Å². The van der Waals surface area contributed by atoms with Crippen LogP contribution in [0.2, 0.25) is 0 Å². The van der Waals surface area contributed by atoms with Crippen molar-refractivity contribution in [2.75, 3.05) is 6.61 Å². The number of ketones is 1. The van der Waals surface area contributed by atoms with Gasteiger partial charge in [0.1, 0.15) is 5.75 Å². The normalized spacial score (nSPS) is 10.4. The predicted octanol–water partition coefficient (Wildman–Crippen LogP) is 1.69. The maximum absolute atomic E-state index is 12.0. The minimum Gasteiger partial charge on any atom is -0.544 e. The lowest BCUT2D eigenvalue weighted by molar-refractivity contribution is -0.254. The number of carbonyl (C=O) groups excluding carboxylic acids is 2. The maximum atomic E-state index is 12.0. The number of carbonyl (C=O) groups is 2. The Hall–Kier alpha value is -2.21. The van der Waals surface area contributed by atoms with Crippen molar-refractivity contribution >= 4 is 23.1 Å². The third-order valence-corrected chi connectivity index (χ3v) is 3.96. The number of hydrogen-bond acceptors (Lipinski definition) is 6. The standard InChI is InChI=1S/C15H15NO4S/c1-8-4-9(2)6-11(5-8)20-7-12(17)14-16-10(3)13(21-14)15(18)19/h4-6H,7H2,1-3H3,(H,18,19)/p-1. The Kier molecular flexibility index (Phi) is 4.37. The van der Waals surface area contributed by atoms with Crippen LogP contribution in [0.4, 0.5) is 0 Å². The number of aryl methyl sites for hydroxylation is 3. The van der Waals surface area contributed by atoms with E-state index >= 15 is 0 Å². The molecule has 0 radical (unpaired) electrons. The molecule has 0 fully saturated rings. The molecular weight excluding hydrogens is 290 g/mol. The van der Waals surface area contributed by atoms with Gasteiger partial charge in [-0.1, -0.05) is 6.07 Å². The van der Waals surface area contributed by atoms with Gasteiger partial charge in [0.15, 0.2) is 11.6 Å². The SMILES string of the molecule is Cc1cc(C)cc(OCC(=O)c2nc(C)c(C(=O)[O-])s2)c1. The fraction of sp³-hybridized carbons (Fsp3) is 0.267. The molecule has 0 unspecified atom stereocenters. The first-order valence-electron chi connectivity index (χ1n) is 6.30. The zero-order chi connectivity index (χ0) is 15.6. The van der Waals surface area contributed by atoms with Gasteiger partial charge in [0.05, 0.1) is 16.5 Å². The maximum Gasteiger partial charge on any atom is 0.228 e. The van der Waals surface area contributed by atoms with Crippen LogP contribution >= 0.6 is 11.3 Å². The number of carboxylic acids is 1. The number of thiazole rings is 1. The second kappa shape index (κ2) is 6.05. The number of aromatic carboxylic acids is 1. The second-order valence-electron chi connectivity index (χ2n) is 4.76. The van der Waals surface area contributed by atoms with Crippen LogP contribution in [0.15, 0.2) is 18.2 Å². The first-order chi connectivity index (χ1) is 9.86. The molecular formula is C15H14NO4S-. The van der Waals surface area contributed by atoms with Crippen LogP contribution in [-0.2, 0) is 0 Å². The summed E-state index contributed by atoms with van der Waals surface area (Å²) >= 11 is 0.814. The van der Waals surface area contributed by atoms with Crippen molar-refractivity contribution in [3.05, 3.63) is 44.9 Å². The molecule has 0 bridgehead atoms. The molecule has 2 rings (SSSR count). The summed E-state index contributed by atoms with van der Waals surface area (Å²) in [6, 6.07) is 5.67. The third-order valence-electron chi connectivity index (χ3n) is 2.79. The van der Waals surface area contributed by atoms with E-state index in [2.05, 4.69) is 4.98 Å². The molecule has 0 saturated carbocycles. The van der Waals surface area contributed by atoms with E-state index in [0.717, 1.165) is 22.5 Å². The molecule has 6 heteroatoms. The van der Waals surface area contributed by atoms with Crippen LogP contribution in [0, 0.1) is 20.8 Å². The van der Waals surface area contributed by atoms with E-state index in [0.29, 0.717) is 5.75 Å². The quantitative estimate of drug-likeness (QED) is 0.785. The summed E-state index contributed by atoms with van der Waals surface area (Å²) < 4.78 is 5.45. The summed E-state index contributed by atoms with van der Waals surface area (Å²) in [6.45, 7) is 5.24. The smallest absolute Gasteiger partial charge is 0.228 e. The first kappa shape index (κ1) is 15.2. The number of rotatable bonds is 5. The molecule has 1 aromatic carbocycles. The minimum absolute atomic E-state index is 0.0234. The van der Waals surface area contributed by atoms with E-state index in [1.54, 1.807) is 0 Å². The van der Waals surface area contributed by atoms with E-state index in [1.807, 2.05) is 32.0 Å². The summed E-state index contributed by atoms with van der Waals surface area (Å²) in [7, 11) is 0. The Balaban J connectivity index is 2.08. The van der Waals surface area contributed by atoms with Gasteiger partial charge in [0, 0.05) is 0 Å². The average molecular weight is 304 g/mol. The minimum atomic E-state index is -1.32. The lowest BCUT2D eigenvalue weighted by Crippen LogP contribution is -2.21. The average Bonchev–Trinajstić information content (AvgIpc) is 2.77. The van der Waals surface area contributed by atoms with Crippen LogP contribution < -0.4 is 9.84 Å². The number of aromatic nitrogens is 1. The van der Waals surface area contributed by atoms with Gasteiger partial charge in [0.25, 0.3) is 0 Å². The topological polar surface area (TPSA) is 79.3 Å². The molecule has 2 aromatic rings. The molecule has 0 amide bonds. The van der Waals surface area contributed by atoms with Gasteiger partial charge >= 0.3 is 0 Å². The molecule has 21 heavy (non-hydrogen) atoms. The van der Waals surface area contributed by atoms with Crippen molar-refractivity contribution in [1.82, 2.24) is 4.98 Å². The fourth-order valence-corrected chi connectivity index (χ4v) is 2.76. The van der Waals surface area contributed by atoms with Crippen molar-refractivity contribution in [2.24, 2.45) is 0 Å². The van der Waals surface area contributed by atoms with Crippen LogP contribution in [0.5, 0.6) is 5.75 Å². The van der Waals surface area contributed by atoms with Crippen molar-refractivity contribution in [1.29, 1.82) is 0 Å².